The van der Waals surface area contributed by atoms with Crippen LogP contribution in [-0.4, -0.2) is 39.0 Å². The molecule has 0 aliphatic rings. The quantitative estimate of drug-likeness (QED) is 0.0910. The predicted molar refractivity (Wildman–Crippen MR) is 179 cm³/mol. The van der Waals surface area contributed by atoms with E-state index >= 15 is 0 Å². The van der Waals surface area contributed by atoms with Gasteiger partial charge in [-0.05, 0) is 78.7 Å². The highest BCUT2D eigenvalue weighted by atomic mass is 16.5. The molecule has 0 saturated heterocycles. The largest absolute Gasteiger partial charge is 0.497 e. The molecule has 0 heterocycles. The highest BCUT2D eigenvalue weighted by Crippen LogP contribution is 2.28. The third-order valence-corrected chi connectivity index (χ3v) is 6.67. The van der Waals surface area contributed by atoms with Gasteiger partial charge in [0.1, 0.15) is 53.9 Å². The third kappa shape index (κ3) is 10.3. The van der Waals surface area contributed by atoms with Gasteiger partial charge in [-0.2, -0.15) is 10.5 Å². The first-order chi connectivity index (χ1) is 22.3. The molecule has 0 atom stereocenters. The van der Waals surface area contributed by atoms with E-state index in [1.807, 2.05) is 116 Å². The van der Waals surface area contributed by atoms with Gasteiger partial charge in [0.25, 0.3) is 0 Å². The molecule has 8 heteroatoms. The van der Waals surface area contributed by atoms with Crippen LogP contribution in [0.3, 0.4) is 0 Å². The summed E-state index contributed by atoms with van der Waals surface area (Å²) in [5.41, 5.74) is 4.42. The Kier molecular flexibility index (Phi) is 13.5. The number of allylic oxidation sites excluding steroid dienone is 3. The lowest BCUT2D eigenvalue weighted by Gasteiger charge is -2.20. The van der Waals surface area contributed by atoms with Gasteiger partial charge < -0.3 is 23.8 Å². The number of methoxy groups -OCH3 is 2. The van der Waals surface area contributed by atoms with E-state index in [1.54, 1.807) is 32.4 Å². The van der Waals surface area contributed by atoms with Crippen LogP contribution < -0.4 is 18.9 Å². The van der Waals surface area contributed by atoms with E-state index in [-0.39, 0.29) is 11.4 Å². The summed E-state index contributed by atoms with van der Waals surface area (Å²) in [6.45, 7) is 2.38. The van der Waals surface area contributed by atoms with Crippen molar-refractivity contribution >= 4 is 11.5 Å². The zero-order valence-electron chi connectivity index (χ0n) is 26.7. The summed E-state index contributed by atoms with van der Waals surface area (Å²) >= 11 is 0. The van der Waals surface area contributed by atoms with Crippen LogP contribution in [0.1, 0.15) is 34.0 Å². The Balaban J connectivity index is 0.000000266. The second-order valence-corrected chi connectivity index (χ2v) is 10.1. The minimum Gasteiger partial charge on any atom is -0.497 e. The first kappa shape index (κ1) is 34.5. The average Bonchev–Trinajstić information content (AvgIpc) is 3.09. The van der Waals surface area contributed by atoms with Crippen LogP contribution in [0.4, 0.5) is 0 Å². The number of hydrogen-bond donors (Lipinski definition) is 0. The fourth-order valence-corrected chi connectivity index (χ4v) is 4.19. The van der Waals surface area contributed by atoms with Crippen LogP contribution in [0.2, 0.25) is 0 Å². The van der Waals surface area contributed by atoms with Crippen molar-refractivity contribution in [2.45, 2.75) is 20.1 Å². The topological polar surface area (TPSA) is 105 Å². The second-order valence-electron chi connectivity index (χ2n) is 10.1. The molecule has 0 bridgehead atoms. The van der Waals surface area contributed by atoms with Gasteiger partial charge in [-0.3, -0.25) is 4.79 Å². The number of ketones is 1. The number of carbonyl (C=O) groups is 1. The lowest BCUT2D eigenvalue weighted by atomic mass is 10.1. The third-order valence-electron chi connectivity index (χ3n) is 6.67. The number of ether oxygens (including phenoxy) is 4. The first-order valence-electron chi connectivity index (χ1n) is 14.4. The van der Waals surface area contributed by atoms with Crippen molar-refractivity contribution in [1.29, 1.82) is 10.5 Å². The van der Waals surface area contributed by atoms with Gasteiger partial charge in [-0.25, -0.2) is 0 Å². The van der Waals surface area contributed by atoms with Crippen molar-refractivity contribution < 1.29 is 23.7 Å². The smallest absolute Gasteiger partial charge is 0.163 e. The maximum absolute atomic E-state index is 11.5. The van der Waals surface area contributed by atoms with Gasteiger partial charge in [0, 0.05) is 25.4 Å². The summed E-state index contributed by atoms with van der Waals surface area (Å²) in [6.07, 6.45) is 3.26. The number of para-hydroxylation sites is 2. The monoisotopic (exact) mass is 615 g/mol. The van der Waals surface area contributed by atoms with Crippen molar-refractivity contribution in [3.05, 3.63) is 137 Å². The Labute approximate surface area is 270 Å². The Morgan fingerprint density at radius 1 is 0.674 bits per heavy atom. The summed E-state index contributed by atoms with van der Waals surface area (Å²) in [6, 6.07) is 34.0. The molecular weight excluding hydrogens is 578 g/mol. The average molecular weight is 616 g/mol. The fraction of sp³-hybridized carbons (Fsp3) is 0.184. The summed E-state index contributed by atoms with van der Waals surface area (Å²) < 4.78 is 22.0. The van der Waals surface area contributed by atoms with Gasteiger partial charge in [-0.1, -0.05) is 48.5 Å². The number of nitrogens with zero attached hydrogens (tertiary/aromatic N) is 3. The van der Waals surface area contributed by atoms with E-state index in [2.05, 4.69) is 0 Å². The summed E-state index contributed by atoms with van der Waals surface area (Å²) in [5.74, 6) is 2.95. The molecule has 0 saturated carbocycles. The van der Waals surface area contributed by atoms with E-state index < -0.39 is 0 Å². The lowest BCUT2D eigenvalue weighted by Crippen LogP contribution is -2.11. The number of nitriles is 2. The fourth-order valence-electron chi connectivity index (χ4n) is 4.19. The van der Waals surface area contributed by atoms with E-state index in [4.69, 9.17) is 29.5 Å². The number of hydrogen-bond acceptors (Lipinski definition) is 8. The van der Waals surface area contributed by atoms with Gasteiger partial charge >= 0.3 is 0 Å². The summed E-state index contributed by atoms with van der Waals surface area (Å²) in [4.78, 5) is 13.4. The highest BCUT2D eigenvalue weighted by Gasteiger charge is 2.11. The Morgan fingerprint density at radius 2 is 1.11 bits per heavy atom. The number of carbonyl (C=O) groups excluding carboxylic acids is 1. The molecule has 46 heavy (non-hydrogen) atoms. The molecule has 4 aromatic carbocycles. The standard InChI is InChI=1S/C22H21N3O2.C16H16O3/c1-25(2)21(13-10-18(14-23)15-24)20-6-4-5-7-22(20)27-16-17-8-11-19(26-3)12-9-17;1-12(17)15-5-3-4-6-16(15)19-11-13-7-9-14(18-2)10-8-13/h4-13H,16H2,1-3H3;3-10H,11H2,1-2H3/b21-13-;. The molecule has 8 nitrogen and oxygen atoms in total. The van der Waals surface area contributed by atoms with Gasteiger partial charge in [0.2, 0.25) is 0 Å². The zero-order valence-corrected chi connectivity index (χ0v) is 26.7. The van der Waals surface area contributed by atoms with Crippen molar-refractivity contribution in [2.24, 2.45) is 0 Å². The van der Waals surface area contributed by atoms with E-state index in [0.717, 1.165) is 39.6 Å². The molecule has 4 aromatic rings. The van der Waals surface area contributed by atoms with E-state index in [1.165, 1.54) is 13.0 Å². The van der Waals surface area contributed by atoms with Crippen LogP contribution in [0.15, 0.2) is 115 Å². The van der Waals surface area contributed by atoms with Gasteiger partial charge in [0.05, 0.1) is 19.8 Å². The van der Waals surface area contributed by atoms with Crippen molar-refractivity contribution in [2.75, 3.05) is 28.3 Å². The summed E-state index contributed by atoms with van der Waals surface area (Å²) in [7, 11) is 7.07. The maximum Gasteiger partial charge on any atom is 0.163 e. The number of benzene rings is 4. The molecule has 0 aromatic heterocycles. The van der Waals surface area contributed by atoms with Gasteiger partial charge in [-0.15, -0.1) is 0 Å². The van der Waals surface area contributed by atoms with E-state index in [9.17, 15) is 4.79 Å². The number of Topliss-reactive ketones (excluding diaryl/α,β-unsaturated/α-hetero) is 1. The molecule has 4 rings (SSSR count). The molecule has 0 unspecified atom stereocenters. The van der Waals surface area contributed by atoms with Crippen LogP contribution >= 0.6 is 0 Å². The Hall–Kier alpha value is -5.99. The second kappa shape index (κ2) is 18.0. The van der Waals surface area contributed by atoms with Gasteiger partial charge in [0.15, 0.2) is 5.78 Å². The molecule has 0 radical (unpaired) electrons. The lowest BCUT2D eigenvalue weighted by molar-refractivity contribution is 0.101. The van der Waals surface area contributed by atoms with Crippen LogP contribution in [0, 0.1) is 22.7 Å². The summed E-state index contributed by atoms with van der Waals surface area (Å²) in [5, 5.41) is 17.9. The Morgan fingerprint density at radius 3 is 1.52 bits per heavy atom. The molecule has 234 valence electrons. The minimum atomic E-state index is 0.00494. The molecule has 0 aliphatic heterocycles. The normalized spacial score (nSPS) is 10.2. The molecular formula is C38H37N3O5. The van der Waals surface area contributed by atoms with Crippen LogP contribution in [0.5, 0.6) is 23.0 Å². The highest BCUT2D eigenvalue weighted by molar-refractivity contribution is 5.96. The molecule has 0 fully saturated rings. The van der Waals surface area contributed by atoms with Crippen molar-refractivity contribution in [1.82, 2.24) is 4.90 Å². The molecule has 0 aliphatic carbocycles. The van der Waals surface area contributed by atoms with E-state index in [0.29, 0.717) is 24.5 Å². The zero-order chi connectivity index (χ0) is 33.3. The van der Waals surface area contributed by atoms with Crippen LogP contribution in [-0.2, 0) is 13.2 Å². The molecule has 0 N–H and O–H groups in total. The van der Waals surface area contributed by atoms with Crippen molar-refractivity contribution in [3.8, 4) is 35.1 Å². The minimum absolute atomic E-state index is 0.00494. The Bertz CT molecular complexity index is 1710. The van der Waals surface area contributed by atoms with Crippen LogP contribution in [0.25, 0.3) is 5.70 Å². The SMILES string of the molecule is COc1ccc(COc2ccccc2/C(=C/C=C(C#N)C#N)N(C)C)cc1.COc1ccc(COc2ccccc2C(C)=O)cc1. The number of rotatable bonds is 12. The first-order valence-corrected chi connectivity index (χ1v) is 14.4. The maximum atomic E-state index is 11.5. The molecule has 0 amide bonds. The van der Waals surface area contributed by atoms with Crippen molar-refractivity contribution in [3.63, 3.8) is 0 Å². The predicted octanol–water partition coefficient (Wildman–Crippen LogP) is 7.63. The molecule has 0 spiro atoms.